The van der Waals surface area contributed by atoms with Crippen LogP contribution in [0.1, 0.15) is 26.2 Å². The van der Waals surface area contributed by atoms with Gasteiger partial charge in [-0.3, -0.25) is 9.80 Å². The molecule has 104 valence electrons. The molecule has 0 bridgehead atoms. The predicted octanol–water partition coefficient (Wildman–Crippen LogP) is 0.533. The van der Waals surface area contributed by atoms with Crippen LogP contribution in [0.4, 0.5) is 0 Å². The van der Waals surface area contributed by atoms with Crippen molar-refractivity contribution in [3.63, 3.8) is 0 Å². The summed E-state index contributed by atoms with van der Waals surface area (Å²) >= 11 is 0. The Labute approximate surface area is 111 Å². The van der Waals surface area contributed by atoms with E-state index in [2.05, 4.69) is 22.0 Å². The van der Waals surface area contributed by atoms with Gasteiger partial charge >= 0.3 is 0 Å². The second kappa shape index (κ2) is 5.87. The van der Waals surface area contributed by atoms with Gasteiger partial charge in [-0.25, -0.2) is 0 Å². The van der Waals surface area contributed by atoms with E-state index in [-0.39, 0.29) is 0 Å². The van der Waals surface area contributed by atoms with E-state index in [4.69, 9.17) is 4.74 Å². The van der Waals surface area contributed by atoms with Gasteiger partial charge < -0.3 is 10.1 Å². The van der Waals surface area contributed by atoms with Crippen LogP contribution in [-0.4, -0.2) is 73.9 Å². The SMILES string of the molecule is CCC1CN(CC2CN3CCCC3CO2)CCN1. The molecule has 3 rings (SSSR count). The van der Waals surface area contributed by atoms with E-state index < -0.39 is 0 Å². The Hall–Kier alpha value is -0.160. The van der Waals surface area contributed by atoms with Crippen molar-refractivity contribution in [1.29, 1.82) is 0 Å². The summed E-state index contributed by atoms with van der Waals surface area (Å²) in [6, 6.07) is 1.41. The fourth-order valence-electron chi connectivity index (χ4n) is 3.62. The molecule has 3 heterocycles. The van der Waals surface area contributed by atoms with Crippen molar-refractivity contribution in [3.05, 3.63) is 0 Å². The van der Waals surface area contributed by atoms with Crippen LogP contribution in [0.25, 0.3) is 0 Å². The van der Waals surface area contributed by atoms with Gasteiger partial charge in [0.05, 0.1) is 12.7 Å². The number of morpholine rings is 1. The molecular formula is C14H27N3O. The normalized spacial score (nSPS) is 38.8. The lowest BCUT2D eigenvalue weighted by molar-refractivity contribution is -0.0633. The van der Waals surface area contributed by atoms with E-state index in [1.807, 2.05) is 0 Å². The number of hydrogen-bond donors (Lipinski definition) is 1. The van der Waals surface area contributed by atoms with Crippen molar-refractivity contribution in [3.8, 4) is 0 Å². The summed E-state index contributed by atoms with van der Waals surface area (Å²) in [6.07, 6.45) is 4.38. The van der Waals surface area contributed by atoms with E-state index in [0.717, 1.165) is 32.3 Å². The maximum Gasteiger partial charge on any atom is 0.0829 e. The summed E-state index contributed by atoms with van der Waals surface area (Å²) in [5.41, 5.74) is 0. The molecular weight excluding hydrogens is 226 g/mol. The summed E-state index contributed by atoms with van der Waals surface area (Å²) in [5, 5.41) is 3.58. The zero-order valence-corrected chi connectivity index (χ0v) is 11.6. The first-order valence-electron chi connectivity index (χ1n) is 7.66. The zero-order valence-electron chi connectivity index (χ0n) is 11.6. The lowest BCUT2D eigenvalue weighted by Crippen LogP contribution is -2.55. The van der Waals surface area contributed by atoms with Gasteiger partial charge in [0.2, 0.25) is 0 Å². The molecule has 0 aliphatic carbocycles. The highest BCUT2D eigenvalue weighted by Crippen LogP contribution is 2.23. The van der Waals surface area contributed by atoms with Crippen LogP contribution in [0.15, 0.2) is 0 Å². The zero-order chi connectivity index (χ0) is 12.4. The highest BCUT2D eigenvalue weighted by molar-refractivity contribution is 4.87. The monoisotopic (exact) mass is 253 g/mol. The Morgan fingerprint density at radius 1 is 1.28 bits per heavy atom. The summed E-state index contributed by atoms with van der Waals surface area (Å²) in [4.78, 5) is 5.24. The summed E-state index contributed by atoms with van der Waals surface area (Å²) in [6.45, 7) is 10.3. The fourth-order valence-corrected chi connectivity index (χ4v) is 3.62. The van der Waals surface area contributed by atoms with Gasteiger partial charge in [-0.15, -0.1) is 0 Å². The third kappa shape index (κ3) is 2.87. The van der Waals surface area contributed by atoms with Crippen LogP contribution < -0.4 is 5.32 Å². The molecule has 0 amide bonds. The maximum atomic E-state index is 6.06. The van der Waals surface area contributed by atoms with Crippen molar-refractivity contribution in [2.75, 3.05) is 45.9 Å². The Balaban J connectivity index is 1.47. The molecule has 3 saturated heterocycles. The first-order chi connectivity index (χ1) is 8.85. The number of fused-ring (bicyclic) bond motifs is 1. The molecule has 4 heteroatoms. The van der Waals surface area contributed by atoms with Crippen LogP contribution in [0.5, 0.6) is 0 Å². The molecule has 1 N–H and O–H groups in total. The molecule has 0 aromatic rings. The van der Waals surface area contributed by atoms with E-state index in [9.17, 15) is 0 Å². The summed E-state index contributed by atoms with van der Waals surface area (Å²) in [5.74, 6) is 0. The van der Waals surface area contributed by atoms with E-state index in [0.29, 0.717) is 12.1 Å². The minimum Gasteiger partial charge on any atom is -0.374 e. The first-order valence-corrected chi connectivity index (χ1v) is 7.66. The fraction of sp³-hybridized carbons (Fsp3) is 1.00. The Morgan fingerprint density at radius 2 is 2.22 bits per heavy atom. The lowest BCUT2D eigenvalue weighted by Gasteiger charge is -2.40. The van der Waals surface area contributed by atoms with Crippen molar-refractivity contribution >= 4 is 0 Å². The van der Waals surface area contributed by atoms with Crippen LogP contribution in [-0.2, 0) is 4.74 Å². The van der Waals surface area contributed by atoms with Crippen molar-refractivity contribution in [2.45, 2.75) is 44.4 Å². The molecule has 3 unspecified atom stereocenters. The number of nitrogens with one attached hydrogen (secondary N) is 1. The van der Waals surface area contributed by atoms with Gasteiger partial charge in [0.15, 0.2) is 0 Å². The van der Waals surface area contributed by atoms with Crippen molar-refractivity contribution in [2.24, 2.45) is 0 Å². The number of piperazine rings is 1. The quantitative estimate of drug-likeness (QED) is 0.794. The van der Waals surface area contributed by atoms with Crippen LogP contribution >= 0.6 is 0 Å². The van der Waals surface area contributed by atoms with Gasteiger partial charge in [0, 0.05) is 44.8 Å². The second-order valence-electron chi connectivity index (χ2n) is 6.07. The molecule has 0 aromatic carbocycles. The molecule has 3 fully saturated rings. The average molecular weight is 253 g/mol. The molecule has 3 atom stereocenters. The lowest BCUT2D eigenvalue weighted by atomic mass is 10.1. The summed E-state index contributed by atoms with van der Waals surface area (Å²) in [7, 11) is 0. The Bertz CT molecular complexity index is 274. The molecule has 0 radical (unpaired) electrons. The first kappa shape index (κ1) is 12.9. The van der Waals surface area contributed by atoms with E-state index >= 15 is 0 Å². The predicted molar refractivity (Wildman–Crippen MR) is 72.9 cm³/mol. The van der Waals surface area contributed by atoms with Gasteiger partial charge in [-0.1, -0.05) is 6.92 Å². The average Bonchev–Trinajstić information content (AvgIpc) is 2.86. The van der Waals surface area contributed by atoms with Gasteiger partial charge in [0.25, 0.3) is 0 Å². The van der Waals surface area contributed by atoms with Crippen LogP contribution in [0.2, 0.25) is 0 Å². The Morgan fingerprint density at radius 3 is 3.11 bits per heavy atom. The molecule has 0 aromatic heterocycles. The number of hydrogen-bond acceptors (Lipinski definition) is 4. The number of rotatable bonds is 3. The highest BCUT2D eigenvalue weighted by Gasteiger charge is 2.33. The van der Waals surface area contributed by atoms with E-state index in [1.165, 1.54) is 38.9 Å². The largest absolute Gasteiger partial charge is 0.374 e. The van der Waals surface area contributed by atoms with Crippen molar-refractivity contribution in [1.82, 2.24) is 15.1 Å². The van der Waals surface area contributed by atoms with Crippen LogP contribution in [0.3, 0.4) is 0 Å². The van der Waals surface area contributed by atoms with Gasteiger partial charge in [-0.2, -0.15) is 0 Å². The molecule has 4 nitrogen and oxygen atoms in total. The van der Waals surface area contributed by atoms with Crippen molar-refractivity contribution < 1.29 is 4.74 Å². The summed E-state index contributed by atoms with van der Waals surface area (Å²) < 4.78 is 6.06. The third-order valence-electron chi connectivity index (χ3n) is 4.76. The molecule has 3 aliphatic heterocycles. The maximum absolute atomic E-state index is 6.06. The number of ether oxygens (including phenoxy) is 1. The smallest absolute Gasteiger partial charge is 0.0829 e. The molecule has 0 saturated carbocycles. The standard InChI is InChI=1S/C14H27N3O/c1-2-12-8-16(7-5-15-12)9-14-10-17-6-3-4-13(17)11-18-14/h12-15H,2-11H2,1H3. The van der Waals surface area contributed by atoms with Gasteiger partial charge in [-0.05, 0) is 25.8 Å². The highest BCUT2D eigenvalue weighted by atomic mass is 16.5. The molecule has 18 heavy (non-hydrogen) atoms. The second-order valence-corrected chi connectivity index (χ2v) is 6.07. The molecule has 0 spiro atoms. The van der Waals surface area contributed by atoms with E-state index in [1.54, 1.807) is 0 Å². The Kier molecular flexibility index (Phi) is 4.19. The third-order valence-corrected chi connectivity index (χ3v) is 4.76. The van der Waals surface area contributed by atoms with Gasteiger partial charge in [0.1, 0.15) is 0 Å². The van der Waals surface area contributed by atoms with Crippen LogP contribution in [0, 0.1) is 0 Å². The number of nitrogens with zero attached hydrogens (tertiary/aromatic N) is 2. The minimum atomic E-state index is 0.440. The minimum absolute atomic E-state index is 0.440. The topological polar surface area (TPSA) is 27.7 Å². The molecule has 3 aliphatic rings.